The van der Waals surface area contributed by atoms with Crippen LogP contribution in [-0.2, 0) is 28.6 Å². The molecule has 0 spiro atoms. The lowest BCUT2D eigenvalue weighted by molar-refractivity contribution is -0.153. The highest BCUT2D eigenvalue weighted by Gasteiger charge is 2.54. The standard InChI is InChI=1S/C24H24N6O8S2/c1-2-36-24(34)38-9-8-37-22(33)18-14(6-5-13-4-3-7-26-10-13)11-39-21-17(20(32)30(18)21)28-19(31)16(29-35)15-12-40-23(25)27-15/h3-7,10,12,17,21,35H,2,8-9,11H2,1H3,(H2,25,27)(H,28,31)/b6-5-,29-16?/t17-,21+/m1/s1. The zero-order valence-electron chi connectivity index (χ0n) is 21.0. The van der Waals surface area contributed by atoms with Crippen LogP contribution >= 0.6 is 23.1 Å². The number of ether oxygens (including phenoxy) is 3. The minimum absolute atomic E-state index is 0.00107. The van der Waals surface area contributed by atoms with E-state index >= 15 is 0 Å². The van der Waals surface area contributed by atoms with E-state index in [2.05, 4.69) is 25.2 Å². The van der Waals surface area contributed by atoms with Crippen LogP contribution in [0, 0.1) is 0 Å². The molecule has 2 aromatic heterocycles. The van der Waals surface area contributed by atoms with Gasteiger partial charge in [-0.05, 0) is 24.1 Å². The highest BCUT2D eigenvalue weighted by atomic mass is 32.2. The molecule has 0 aliphatic carbocycles. The molecule has 2 aromatic rings. The summed E-state index contributed by atoms with van der Waals surface area (Å²) in [6.45, 7) is 1.25. The van der Waals surface area contributed by atoms with E-state index in [-0.39, 0.29) is 36.3 Å². The summed E-state index contributed by atoms with van der Waals surface area (Å²) in [5, 5.41) is 15.9. The smallest absolute Gasteiger partial charge is 0.457 e. The number of nitrogen functional groups attached to an aromatic ring is 1. The number of amides is 2. The number of rotatable bonds is 10. The van der Waals surface area contributed by atoms with Gasteiger partial charge in [0.25, 0.3) is 11.8 Å². The summed E-state index contributed by atoms with van der Waals surface area (Å²) in [7, 11) is 0. The number of hydrogen-bond acceptors (Lipinski definition) is 14. The van der Waals surface area contributed by atoms with E-state index in [9.17, 15) is 24.4 Å². The van der Waals surface area contributed by atoms with Gasteiger partial charge in [-0.3, -0.25) is 19.5 Å². The number of pyridine rings is 1. The van der Waals surface area contributed by atoms with E-state index in [1.165, 1.54) is 22.0 Å². The topological polar surface area (TPSA) is 196 Å². The number of carbonyl (C=O) groups is 4. The van der Waals surface area contributed by atoms with Crippen molar-refractivity contribution in [2.24, 2.45) is 5.16 Å². The Morgan fingerprint density at radius 1 is 1.27 bits per heavy atom. The van der Waals surface area contributed by atoms with Gasteiger partial charge in [0.1, 0.15) is 36.0 Å². The van der Waals surface area contributed by atoms with Crippen molar-refractivity contribution in [2.45, 2.75) is 18.3 Å². The van der Waals surface area contributed by atoms with Crippen LogP contribution in [-0.4, -0.2) is 86.7 Å². The largest absolute Gasteiger partial charge is 0.508 e. The first-order valence-corrected chi connectivity index (χ1v) is 13.7. The van der Waals surface area contributed by atoms with E-state index in [1.807, 2.05) is 6.07 Å². The molecule has 2 atom stereocenters. The number of nitrogens with two attached hydrogens (primary N) is 1. The molecule has 0 aromatic carbocycles. The highest BCUT2D eigenvalue weighted by molar-refractivity contribution is 8.00. The third-order valence-corrected chi connectivity index (χ3v) is 7.49. The zero-order valence-corrected chi connectivity index (χ0v) is 22.6. The number of thioether (sulfide) groups is 1. The average Bonchev–Trinajstić information content (AvgIpc) is 3.38. The normalized spacial score (nSPS) is 18.7. The average molecular weight is 589 g/mol. The molecule has 16 heteroatoms. The maximum Gasteiger partial charge on any atom is 0.508 e. The summed E-state index contributed by atoms with van der Waals surface area (Å²) in [5.74, 6) is -1.90. The summed E-state index contributed by atoms with van der Waals surface area (Å²) >= 11 is 2.38. The molecule has 1 fully saturated rings. The number of nitrogens with one attached hydrogen (secondary N) is 1. The van der Waals surface area contributed by atoms with Crippen LogP contribution in [0.5, 0.6) is 0 Å². The first-order valence-electron chi connectivity index (χ1n) is 11.8. The van der Waals surface area contributed by atoms with Crippen LogP contribution in [0.25, 0.3) is 6.08 Å². The maximum atomic E-state index is 13.2. The lowest BCUT2D eigenvalue weighted by atomic mass is 10.0. The van der Waals surface area contributed by atoms with Crippen molar-refractivity contribution in [1.29, 1.82) is 0 Å². The molecule has 4 rings (SSSR count). The summed E-state index contributed by atoms with van der Waals surface area (Å²) in [4.78, 5) is 59.7. The number of nitrogens with zero attached hydrogens (tertiary/aromatic N) is 4. The van der Waals surface area contributed by atoms with Gasteiger partial charge in [0.05, 0.1) is 6.61 Å². The number of anilines is 1. The highest BCUT2D eigenvalue weighted by Crippen LogP contribution is 2.41. The van der Waals surface area contributed by atoms with Crippen LogP contribution in [0.15, 0.2) is 52.4 Å². The predicted octanol–water partition coefficient (Wildman–Crippen LogP) is 1.38. The quantitative estimate of drug-likeness (QED) is 0.0902. The van der Waals surface area contributed by atoms with Crippen LogP contribution in [0.3, 0.4) is 0 Å². The number of oxime groups is 1. The van der Waals surface area contributed by atoms with Crippen LogP contribution in [0.1, 0.15) is 18.2 Å². The molecular weight excluding hydrogens is 564 g/mol. The van der Waals surface area contributed by atoms with Gasteiger partial charge in [-0.2, -0.15) is 0 Å². The summed E-state index contributed by atoms with van der Waals surface area (Å²) < 4.78 is 14.8. The Morgan fingerprint density at radius 3 is 2.75 bits per heavy atom. The first-order chi connectivity index (χ1) is 19.3. The number of thiazole rings is 1. The van der Waals surface area contributed by atoms with Gasteiger partial charge in [0, 0.05) is 23.5 Å². The summed E-state index contributed by atoms with van der Waals surface area (Å²) in [6.07, 6.45) is 5.80. The number of fused-ring (bicyclic) bond motifs is 1. The Bertz CT molecular complexity index is 1380. The number of allylic oxidation sites excluding steroid dienone is 1. The second-order valence-electron chi connectivity index (χ2n) is 8.04. The van der Waals surface area contributed by atoms with Gasteiger partial charge >= 0.3 is 12.1 Å². The summed E-state index contributed by atoms with van der Waals surface area (Å²) in [5.41, 5.74) is 6.53. The number of hydrogen-bond donors (Lipinski definition) is 3. The molecule has 1 saturated heterocycles. The fourth-order valence-corrected chi connectivity index (χ4v) is 5.60. The minimum Gasteiger partial charge on any atom is -0.457 e. The Kier molecular flexibility index (Phi) is 9.34. The molecule has 4 heterocycles. The van der Waals surface area contributed by atoms with Crippen molar-refractivity contribution in [3.8, 4) is 0 Å². The van der Waals surface area contributed by atoms with E-state index in [0.29, 0.717) is 11.3 Å². The molecular formula is C24H24N6O8S2. The first kappa shape index (κ1) is 28.6. The van der Waals surface area contributed by atoms with E-state index in [4.69, 9.17) is 15.2 Å². The Hall–Kier alpha value is -4.44. The van der Waals surface area contributed by atoms with E-state index in [0.717, 1.165) is 16.9 Å². The third kappa shape index (κ3) is 6.40. The Balaban J connectivity index is 1.50. The van der Waals surface area contributed by atoms with Crippen LogP contribution in [0.4, 0.5) is 9.93 Å². The van der Waals surface area contributed by atoms with Crippen LogP contribution in [0.2, 0.25) is 0 Å². The van der Waals surface area contributed by atoms with Gasteiger partial charge in [0.15, 0.2) is 10.8 Å². The SMILES string of the molecule is CCOC(=O)OCCOC(=O)C1=C(/C=C\c2cccnc2)CS[C@H]2[C@H](NC(=O)C(=NO)c3csc(N)n3)C(=O)N12. The molecule has 2 amide bonds. The number of β-lactam (4-membered cyclic amide) rings is 1. The Morgan fingerprint density at radius 2 is 2.08 bits per heavy atom. The zero-order chi connectivity index (χ0) is 28.6. The fraction of sp³-hybridized carbons (Fsp3) is 0.292. The van der Waals surface area contributed by atoms with Crippen molar-refractivity contribution in [3.05, 3.63) is 58.5 Å². The molecule has 4 N–H and O–H groups in total. The molecule has 210 valence electrons. The molecule has 0 unspecified atom stereocenters. The third-order valence-electron chi connectivity index (χ3n) is 5.52. The van der Waals surface area contributed by atoms with Gasteiger partial charge in [-0.25, -0.2) is 14.6 Å². The number of esters is 1. The van der Waals surface area contributed by atoms with Gasteiger partial charge in [-0.1, -0.05) is 23.4 Å². The molecule has 2 aliphatic rings. The molecule has 40 heavy (non-hydrogen) atoms. The van der Waals surface area contributed by atoms with Crippen LogP contribution < -0.4 is 11.1 Å². The number of aromatic nitrogens is 2. The number of carbonyl (C=O) groups excluding carboxylic acids is 4. The van der Waals surface area contributed by atoms with Crippen molar-refractivity contribution < 1.29 is 38.6 Å². The lowest BCUT2D eigenvalue weighted by Crippen LogP contribution is -2.71. The van der Waals surface area contributed by atoms with Gasteiger partial charge in [0.2, 0.25) is 0 Å². The molecule has 0 saturated carbocycles. The second kappa shape index (κ2) is 13.1. The Labute approximate surface area is 235 Å². The second-order valence-corrected chi connectivity index (χ2v) is 10.0. The lowest BCUT2D eigenvalue weighted by Gasteiger charge is -2.49. The fourth-order valence-electron chi connectivity index (χ4n) is 3.74. The van der Waals surface area contributed by atoms with Gasteiger partial charge in [-0.15, -0.1) is 23.1 Å². The van der Waals surface area contributed by atoms with Gasteiger partial charge < -0.3 is 30.5 Å². The van der Waals surface area contributed by atoms with Crippen molar-refractivity contribution in [2.75, 3.05) is 31.3 Å². The molecule has 14 nitrogen and oxygen atoms in total. The molecule has 2 aliphatic heterocycles. The molecule has 0 radical (unpaired) electrons. The maximum absolute atomic E-state index is 13.2. The van der Waals surface area contributed by atoms with Crippen molar-refractivity contribution in [3.63, 3.8) is 0 Å². The minimum atomic E-state index is -1.01. The summed E-state index contributed by atoms with van der Waals surface area (Å²) in [6, 6.07) is 2.57. The van der Waals surface area contributed by atoms with Crippen molar-refractivity contribution in [1.82, 2.24) is 20.2 Å². The van der Waals surface area contributed by atoms with E-state index in [1.54, 1.807) is 37.5 Å². The monoisotopic (exact) mass is 588 g/mol. The van der Waals surface area contributed by atoms with E-state index < -0.39 is 41.1 Å². The van der Waals surface area contributed by atoms with Crippen molar-refractivity contribution >= 4 is 64.0 Å². The predicted molar refractivity (Wildman–Crippen MR) is 144 cm³/mol. The molecule has 0 bridgehead atoms.